The summed E-state index contributed by atoms with van der Waals surface area (Å²) in [5.41, 5.74) is 1.40. The highest BCUT2D eigenvalue weighted by atomic mass is 15.3. The first-order valence-electron chi connectivity index (χ1n) is 9.35. The molecule has 1 aromatic heterocycles. The zero-order valence-electron chi connectivity index (χ0n) is 15.2. The smallest absolute Gasteiger partial charge is 0.104 e. The second-order valence-electron chi connectivity index (χ2n) is 7.35. The third-order valence-electron chi connectivity index (χ3n) is 4.48. The number of unbranched alkanes of at least 4 members (excludes halogenated alkanes) is 9. The molecule has 0 bridgehead atoms. The molecule has 0 fully saturated rings. The summed E-state index contributed by atoms with van der Waals surface area (Å²) >= 11 is 0. The van der Waals surface area contributed by atoms with Gasteiger partial charge in [-0.2, -0.15) is 0 Å². The molecule has 0 aliphatic rings. The molecule has 0 unspecified atom stereocenters. The molecule has 0 aromatic carbocycles. The molecule has 22 heavy (non-hydrogen) atoms. The maximum Gasteiger partial charge on any atom is 0.104 e. The molecule has 0 N–H and O–H groups in total. The van der Waals surface area contributed by atoms with E-state index in [1.54, 1.807) is 0 Å². The molecule has 0 saturated carbocycles. The van der Waals surface area contributed by atoms with Crippen molar-refractivity contribution in [3.05, 3.63) is 30.1 Å². The molecule has 126 valence electrons. The fraction of sp³-hybridized carbons (Fsp3) is 0.750. The van der Waals surface area contributed by atoms with E-state index in [1.165, 1.54) is 76.3 Å². The molecular weight excluding hydrogens is 268 g/mol. The fourth-order valence-electron chi connectivity index (χ4n) is 3.09. The summed E-state index contributed by atoms with van der Waals surface area (Å²) in [5, 5.41) is 0. The topological polar surface area (TPSA) is 12.9 Å². The highest BCUT2D eigenvalue weighted by Crippen LogP contribution is 2.13. The van der Waals surface area contributed by atoms with Crippen molar-refractivity contribution < 1.29 is 4.48 Å². The van der Waals surface area contributed by atoms with E-state index in [9.17, 15) is 0 Å². The van der Waals surface area contributed by atoms with Gasteiger partial charge in [-0.15, -0.1) is 0 Å². The van der Waals surface area contributed by atoms with Crippen LogP contribution in [-0.2, 0) is 6.54 Å². The van der Waals surface area contributed by atoms with Crippen LogP contribution < -0.4 is 0 Å². The number of rotatable bonds is 13. The zero-order valence-corrected chi connectivity index (χ0v) is 15.2. The van der Waals surface area contributed by atoms with E-state index >= 15 is 0 Å². The molecule has 0 aliphatic carbocycles. The quantitative estimate of drug-likeness (QED) is 0.342. The number of nitrogens with zero attached hydrogens (tertiary/aromatic N) is 2. The van der Waals surface area contributed by atoms with E-state index < -0.39 is 0 Å². The number of hydrogen-bond donors (Lipinski definition) is 0. The Labute approximate surface area is 138 Å². The minimum atomic E-state index is 1.08. The Hall–Kier alpha value is -0.890. The summed E-state index contributed by atoms with van der Waals surface area (Å²) < 4.78 is 1.08. The van der Waals surface area contributed by atoms with Gasteiger partial charge >= 0.3 is 0 Å². The van der Waals surface area contributed by atoms with Crippen LogP contribution in [0.3, 0.4) is 0 Å². The number of aromatic nitrogens is 1. The standard InChI is InChI=1S/C20H37N2/c1-4-5-6-7-8-9-10-11-12-13-18-22(2,3)19-20-14-16-21-17-15-20/h14-17H,4-13,18-19H2,1-3H3/q+1. The minimum absolute atomic E-state index is 1.08. The highest BCUT2D eigenvalue weighted by molar-refractivity contribution is 5.07. The Morgan fingerprint density at radius 2 is 1.27 bits per heavy atom. The van der Waals surface area contributed by atoms with Crippen molar-refractivity contribution in [1.82, 2.24) is 4.98 Å². The van der Waals surface area contributed by atoms with Gasteiger partial charge in [0.25, 0.3) is 0 Å². The molecule has 0 amide bonds. The summed E-state index contributed by atoms with van der Waals surface area (Å²) in [6.45, 7) is 4.67. The van der Waals surface area contributed by atoms with Crippen LogP contribution in [0.15, 0.2) is 24.5 Å². The second kappa shape index (κ2) is 11.6. The molecule has 0 radical (unpaired) electrons. The van der Waals surface area contributed by atoms with E-state index in [4.69, 9.17) is 0 Å². The van der Waals surface area contributed by atoms with E-state index in [0.29, 0.717) is 0 Å². The van der Waals surface area contributed by atoms with Gasteiger partial charge in [-0.05, 0) is 25.0 Å². The van der Waals surface area contributed by atoms with Crippen LogP contribution in [0.4, 0.5) is 0 Å². The molecule has 2 nitrogen and oxygen atoms in total. The molecule has 0 aliphatic heterocycles. The van der Waals surface area contributed by atoms with Gasteiger partial charge in [0, 0.05) is 18.0 Å². The van der Waals surface area contributed by atoms with Gasteiger partial charge in [0.1, 0.15) is 6.54 Å². The second-order valence-corrected chi connectivity index (χ2v) is 7.35. The maximum atomic E-state index is 4.10. The zero-order chi connectivity index (χ0) is 16.1. The average molecular weight is 306 g/mol. The fourth-order valence-corrected chi connectivity index (χ4v) is 3.09. The number of quaternary nitrogens is 1. The van der Waals surface area contributed by atoms with E-state index in [0.717, 1.165) is 11.0 Å². The summed E-state index contributed by atoms with van der Waals surface area (Å²) in [7, 11) is 4.68. The van der Waals surface area contributed by atoms with Crippen molar-refractivity contribution in [3.63, 3.8) is 0 Å². The van der Waals surface area contributed by atoms with Crippen LogP contribution in [-0.4, -0.2) is 30.1 Å². The van der Waals surface area contributed by atoms with Gasteiger partial charge in [-0.25, -0.2) is 0 Å². The van der Waals surface area contributed by atoms with Crippen molar-refractivity contribution in [3.8, 4) is 0 Å². The first-order valence-corrected chi connectivity index (χ1v) is 9.35. The Balaban J connectivity index is 1.99. The molecule has 1 aromatic rings. The normalized spacial score (nSPS) is 11.8. The summed E-state index contributed by atoms with van der Waals surface area (Å²) in [6.07, 6.45) is 18.0. The van der Waals surface area contributed by atoms with E-state index in [2.05, 4.69) is 38.1 Å². The third-order valence-corrected chi connectivity index (χ3v) is 4.48. The molecule has 0 atom stereocenters. The van der Waals surface area contributed by atoms with E-state index in [1.807, 2.05) is 12.4 Å². The largest absolute Gasteiger partial charge is 0.325 e. The SMILES string of the molecule is CCCCCCCCCCCC[N+](C)(C)Cc1ccncc1. The first-order chi connectivity index (χ1) is 10.6. The number of pyridine rings is 1. The molecule has 2 heteroatoms. The van der Waals surface area contributed by atoms with Crippen molar-refractivity contribution >= 4 is 0 Å². The van der Waals surface area contributed by atoms with Crippen LogP contribution >= 0.6 is 0 Å². The molecular formula is C20H37N2+. The van der Waals surface area contributed by atoms with Gasteiger partial charge in [0.05, 0.1) is 20.6 Å². The van der Waals surface area contributed by atoms with E-state index in [-0.39, 0.29) is 0 Å². The Bertz CT molecular complexity index is 359. The lowest BCUT2D eigenvalue weighted by Gasteiger charge is -2.30. The maximum absolute atomic E-state index is 4.10. The Kier molecular flexibility index (Phi) is 10.1. The van der Waals surface area contributed by atoms with Crippen LogP contribution in [0.1, 0.15) is 76.7 Å². The summed E-state index contributed by atoms with van der Waals surface area (Å²) in [6, 6.07) is 4.27. The predicted molar refractivity (Wildman–Crippen MR) is 96.8 cm³/mol. The monoisotopic (exact) mass is 305 g/mol. The van der Waals surface area contributed by atoms with Crippen LogP contribution in [0.25, 0.3) is 0 Å². The van der Waals surface area contributed by atoms with Crippen LogP contribution in [0.2, 0.25) is 0 Å². The lowest BCUT2D eigenvalue weighted by atomic mass is 10.1. The van der Waals surface area contributed by atoms with Crippen molar-refractivity contribution in [2.75, 3.05) is 20.6 Å². The van der Waals surface area contributed by atoms with Gasteiger partial charge in [-0.3, -0.25) is 4.98 Å². The van der Waals surface area contributed by atoms with Crippen molar-refractivity contribution in [1.29, 1.82) is 0 Å². The van der Waals surface area contributed by atoms with Gasteiger partial charge in [0.15, 0.2) is 0 Å². The van der Waals surface area contributed by atoms with Crippen LogP contribution in [0.5, 0.6) is 0 Å². The first kappa shape index (κ1) is 19.2. The molecule has 0 spiro atoms. The third kappa shape index (κ3) is 9.94. The van der Waals surface area contributed by atoms with Crippen molar-refractivity contribution in [2.24, 2.45) is 0 Å². The number of hydrogen-bond acceptors (Lipinski definition) is 1. The van der Waals surface area contributed by atoms with Crippen molar-refractivity contribution in [2.45, 2.75) is 77.7 Å². The average Bonchev–Trinajstić information content (AvgIpc) is 2.49. The Morgan fingerprint density at radius 1 is 0.773 bits per heavy atom. The van der Waals surface area contributed by atoms with Crippen LogP contribution in [0, 0.1) is 0 Å². The molecule has 0 saturated heterocycles. The molecule has 1 rings (SSSR count). The Morgan fingerprint density at radius 3 is 1.82 bits per heavy atom. The molecule has 1 heterocycles. The van der Waals surface area contributed by atoms with Gasteiger partial charge < -0.3 is 4.48 Å². The lowest BCUT2D eigenvalue weighted by Crippen LogP contribution is -2.39. The predicted octanol–water partition coefficient (Wildman–Crippen LogP) is 5.58. The van der Waals surface area contributed by atoms with Gasteiger partial charge in [-0.1, -0.05) is 58.3 Å². The van der Waals surface area contributed by atoms with Gasteiger partial charge in [0.2, 0.25) is 0 Å². The summed E-state index contributed by atoms with van der Waals surface area (Å²) in [5.74, 6) is 0. The summed E-state index contributed by atoms with van der Waals surface area (Å²) in [4.78, 5) is 4.10. The highest BCUT2D eigenvalue weighted by Gasteiger charge is 2.14. The minimum Gasteiger partial charge on any atom is -0.325 e. The lowest BCUT2D eigenvalue weighted by molar-refractivity contribution is -0.903.